The number of hydrogen-bond donors (Lipinski definition) is 0. The highest BCUT2D eigenvalue weighted by molar-refractivity contribution is 5.82. The van der Waals surface area contributed by atoms with Gasteiger partial charge in [0.15, 0.2) is 0 Å². The van der Waals surface area contributed by atoms with E-state index in [1.54, 1.807) is 11.1 Å². The molecule has 0 aliphatic heterocycles. The maximum atomic E-state index is 5.05. The predicted octanol–water partition coefficient (Wildman–Crippen LogP) is 19.3. The zero-order chi connectivity index (χ0) is 51.1. The lowest BCUT2D eigenvalue weighted by atomic mass is 9.63. The summed E-state index contributed by atoms with van der Waals surface area (Å²) in [6.07, 6.45) is 15.2. The van der Waals surface area contributed by atoms with E-state index in [0.717, 1.165) is 25.0 Å². The first-order chi connectivity index (χ1) is 31.7. The number of aryl methyl sites for hydroxylation is 3. The van der Waals surface area contributed by atoms with Crippen molar-refractivity contribution in [3.05, 3.63) is 171 Å². The molecule has 0 radical (unpaired) electrons. The van der Waals surface area contributed by atoms with Gasteiger partial charge in [0.25, 0.3) is 0 Å². The van der Waals surface area contributed by atoms with Gasteiger partial charge < -0.3 is 9.80 Å². The summed E-state index contributed by atoms with van der Waals surface area (Å²) in [4.78, 5) is 5.34. The maximum Gasteiger partial charge on any atom is 0.0511 e. The molecule has 0 heterocycles. The van der Waals surface area contributed by atoms with E-state index in [1.807, 2.05) is 0 Å². The van der Waals surface area contributed by atoms with Crippen LogP contribution in [-0.4, -0.2) is 5.54 Å². The van der Waals surface area contributed by atoms with E-state index in [1.165, 1.54) is 93.0 Å². The van der Waals surface area contributed by atoms with E-state index in [-0.39, 0.29) is 43.4 Å². The van der Waals surface area contributed by atoms with Crippen molar-refractivity contribution in [3.63, 3.8) is 0 Å². The number of anilines is 3. The molecular formula is C67H92N2. The van der Waals surface area contributed by atoms with Crippen LogP contribution in [0.1, 0.15) is 200 Å². The van der Waals surface area contributed by atoms with Crippen LogP contribution in [0.5, 0.6) is 0 Å². The third-order valence-corrected chi connectivity index (χ3v) is 18.2. The van der Waals surface area contributed by atoms with Crippen LogP contribution in [0.2, 0.25) is 0 Å². The summed E-state index contributed by atoms with van der Waals surface area (Å²) in [5.41, 5.74) is 20.2. The standard InChI is InChI=1S/C67H92N2/c1-45-27-29-50(30-28-45)61(9,10)37-38-66(19,20)69(48(4)31-32-67(21,60(6,7)8)51-25-23-22-24-26-51)59-40-46(2)39-58(49(59)5)68(52-42-54-55(43-52)64(15,16)35-34-63(54,13)14)57-44-56-53(41-47(57)3)62(11,12)33-36-65(56,17)18/h22-32,39-42,44H,4,33-38,43H2,1-3,5-21H3/b32-31-. The molecule has 0 spiro atoms. The zero-order valence-corrected chi connectivity index (χ0v) is 47.3. The fraction of sp³-hybridized carbons (Fsp3) is 0.522. The Balaban J connectivity index is 1.45. The van der Waals surface area contributed by atoms with E-state index in [9.17, 15) is 0 Å². The summed E-state index contributed by atoms with van der Waals surface area (Å²) in [7, 11) is 0. The van der Waals surface area contributed by atoms with Gasteiger partial charge in [0.2, 0.25) is 0 Å². The van der Waals surface area contributed by atoms with Crippen molar-refractivity contribution in [2.75, 3.05) is 9.80 Å². The molecule has 0 saturated carbocycles. The first kappa shape index (κ1) is 52.3. The molecule has 0 saturated heterocycles. The SMILES string of the molecule is C=C(/C=C\C(C)(c1ccccc1)C(C)(C)C)N(c1cc(C)cc(N(C2=CC3=C(C2)C(C)(C)CCC3(C)C)c2cc3c(cc2C)C(C)(C)CCC3(C)C)c1C)C(C)(C)CCC(C)(C)c1ccc(C)cc1. The third kappa shape index (κ3) is 9.91. The molecule has 0 amide bonds. The Morgan fingerprint density at radius 2 is 1.14 bits per heavy atom. The van der Waals surface area contributed by atoms with Gasteiger partial charge in [-0.1, -0.05) is 181 Å². The first-order valence-corrected chi connectivity index (χ1v) is 26.6. The van der Waals surface area contributed by atoms with Gasteiger partial charge in [-0.2, -0.15) is 0 Å². The quantitative estimate of drug-likeness (QED) is 0.123. The van der Waals surface area contributed by atoms with Crippen LogP contribution in [0.3, 0.4) is 0 Å². The highest BCUT2D eigenvalue weighted by Gasteiger charge is 2.44. The molecule has 69 heavy (non-hydrogen) atoms. The molecule has 4 aromatic carbocycles. The summed E-state index contributed by atoms with van der Waals surface area (Å²) < 4.78 is 0. The molecule has 2 nitrogen and oxygen atoms in total. The molecule has 370 valence electrons. The average molecular weight is 925 g/mol. The summed E-state index contributed by atoms with van der Waals surface area (Å²) in [6, 6.07) is 30.4. The van der Waals surface area contributed by atoms with Crippen molar-refractivity contribution in [2.45, 2.75) is 211 Å². The van der Waals surface area contributed by atoms with Crippen LogP contribution < -0.4 is 9.80 Å². The summed E-state index contributed by atoms with van der Waals surface area (Å²) in [6.45, 7) is 53.4. The fourth-order valence-corrected chi connectivity index (χ4v) is 12.2. The van der Waals surface area contributed by atoms with Gasteiger partial charge >= 0.3 is 0 Å². The Bertz CT molecular complexity index is 2680. The number of rotatable bonds is 13. The van der Waals surface area contributed by atoms with Crippen molar-refractivity contribution in [1.29, 1.82) is 0 Å². The highest BCUT2D eigenvalue weighted by Crippen LogP contribution is 2.57. The van der Waals surface area contributed by atoms with Crippen molar-refractivity contribution < 1.29 is 0 Å². The van der Waals surface area contributed by atoms with E-state index in [0.29, 0.717) is 0 Å². The Morgan fingerprint density at radius 3 is 1.72 bits per heavy atom. The minimum absolute atomic E-state index is 0.00945. The van der Waals surface area contributed by atoms with Crippen molar-refractivity contribution in [2.24, 2.45) is 16.2 Å². The third-order valence-electron chi connectivity index (χ3n) is 18.2. The second kappa shape index (κ2) is 17.9. The number of nitrogens with zero attached hydrogens (tertiary/aromatic N) is 2. The first-order valence-electron chi connectivity index (χ1n) is 26.6. The topological polar surface area (TPSA) is 6.48 Å². The second-order valence-electron chi connectivity index (χ2n) is 27.2. The lowest BCUT2D eigenvalue weighted by molar-refractivity contribution is 0.258. The van der Waals surface area contributed by atoms with Gasteiger partial charge in [-0.3, -0.25) is 0 Å². The number of benzene rings is 4. The van der Waals surface area contributed by atoms with Crippen molar-refractivity contribution >= 4 is 17.1 Å². The molecule has 2 heteroatoms. The van der Waals surface area contributed by atoms with Gasteiger partial charge in [0, 0.05) is 40.1 Å². The normalized spacial score (nSPS) is 19.4. The fourth-order valence-electron chi connectivity index (χ4n) is 12.2. The van der Waals surface area contributed by atoms with Gasteiger partial charge in [-0.05, 0) is 187 Å². The molecule has 0 bridgehead atoms. The van der Waals surface area contributed by atoms with Gasteiger partial charge in [0.1, 0.15) is 0 Å². The maximum absolute atomic E-state index is 5.05. The van der Waals surface area contributed by atoms with Crippen LogP contribution in [0.25, 0.3) is 0 Å². The van der Waals surface area contributed by atoms with E-state index < -0.39 is 0 Å². The molecule has 0 N–H and O–H groups in total. The molecule has 1 unspecified atom stereocenters. The highest BCUT2D eigenvalue weighted by atomic mass is 15.2. The molecule has 7 rings (SSSR count). The summed E-state index contributed by atoms with van der Waals surface area (Å²) in [5, 5.41) is 0. The van der Waals surface area contributed by atoms with Crippen LogP contribution in [-0.2, 0) is 21.7 Å². The monoisotopic (exact) mass is 925 g/mol. The van der Waals surface area contributed by atoms with E-state index in [4.69, 9.17) is 6.58 Å². The van der Waals surface area contributed by atoms with Crippen LogP contribution >= 0.6 is 0 Å². The summed E-state index contributed by atoms with van der Waals surface area (Å²) in [5.74, 6) is 0. The average Bonchev–Trinajstić information content (AvgIpc) is 3.73. The Kier molecular flexibility index (Phi) is 13.6. The van der Waals surface area contributed by atoms with Crippen LogP contribution in [0.4, 0.5) is 17.1 Å². The molecule has 3 aliphatic rings. The lowest BCUT2D eigenvalue weighted by Crippen LogP contribution is -2.44. The molecular weight excluding hydrogens is 833 g/mol. The summed E-state index contributed by atoms with van der Waals surface area (Å²) >= 11 is 0. The molecule has 4 aromatic rings. The van der Waals surface area contributed by atoms with Crippen LogP contribution in [0, 0.1) is 43.9 Å². The van der Waals surface area contributed by atoms with E-state index in [2.05, 4.69) is 245 Å². The Hall–Kier alpha value is -4.56. The van der Waals surface area contributed by atoms with Crippen LogP contribution in [0.15, 0.2) is 126 Å². The zero-order valence-electron chi connectivity index (χ0n) is 47.3. The number of hydrogen-bond acceptors (Lipinski definition) is 2. The van der Waals surface area contributed by atoms with Crippen molar-refractivity contribution in [1.82, 2.24) is 0 Å². The smallest absolute Gasteiger partial charge is 0.0511 e. The predicted molar refractivity (Wildman–Crippen MR) is 303 cm³/mol. The molecule has 0 aromatic heterocycles. The Labute approximate surface area is 422 Å². The molecule has 3 aliphatic carbocycles. The number of fused-ring (bicyclic) bond motifs is 1. The van der Waals surface area contributed by atoms with Crippen molar-refractivity contribution in [3.8, 4) is 0 Å². The van der Waals surface area contributed by atoms with E-state index >= 15 is 0 Å². The number of allylic oxidation sites excluding steroid dienone is 5. The second-order valence-corrected chi connectivity index (χ2v) is 27.2. The minimum atomic E-state index is -0.298. The lowest BCUT2D eigenvalue weighted by Gasteiger charge is -2.45. The Morgan fingerprint density at radius 1 is 0.594 bits per heavy atom. The van der Waals surface area contributed by atoms with Gasteiger partial charge in [0.05, 0.1) is 5.69 Å². The largest absolute Gasteiger partial charge is 0.336 e. The molecule has 1 atom stereocenters. The van der Waals surface area contributed by atoms with Gasteiger partial charge in [-0.15, -0.1) is 0 Å². The minimum Gasteiger partial charge on any atom is -0.336 e. The van der Waals surface area contributed by atoms with Gasteiger partial charge in [-0.25, -0.2) is 0 Å². The molecule has 0 fully saturated rings.